The van der Waals surface area contributed by atoms with Crippen LogP contribution in [0.4, 0.5) is 35.2 Å². The molecule has 0 spiro atoms. The Bertz CT molecular complexity index is 2330. The Kier molecular flexibility index (Phi) is 13.5. The average Bonchev–Trinajstić information content (AvgIpc) is 3.09. The first-order chi connectivity index (χ1) is 25.4. The molecule has 0 aliphatic carbocycles. The summed E-state index contributed by atoms with van der Waals surface area (Å²) in [4.78, 5) is 24.6. The lowest BCUT2D eigenvalue weighted by Gasteiger charge is -2.21. The van der Waals surface area contributed by atoms with Crippen LogP contribution < -0.4 is 30.3 Å². The van der Waals surface area contributed by atoms with Crippen molar-refractivity contribution in [2.24, 2.45) is 0 Å². The van der Waals surface area contributed by atoms with Crippen LogP contribution in [-0.2, 0) is 30.4 Å². The quantitative estimate of drug-likeness (QED) is 0.0466. The number of aliphatic hydroxyl groups excluding tert-OH is 2. The molecule has 0 fully saturated rings. The van der Waals surface area contributed by atoms with Crippen LogP contribution in [0, 0.1) is 0 Å². The Morgan fingerprint density at radius 3 is 1.57 bits per heavy atom. The van der Waals surface area contributed by atoms with E-state index in [4.69, 9.17) is 14.0 Å². The van der Waals surface area contributed by atoms with E-state index in [2.05, 4.69) is 45.9 Å². The fraction of sp³-hybridized carbons (Fsp3) is 0.286. The summed E-state index contributed by atoms with van der Waals surface area (Å²) >= 11 is 0. The van der Waals surface area contributed by atoms with Gasteiger partial charge in [0.05, 0.1) is 33.2 Å². The van der Waals surface area contributed by atoms with Crippen molar-refractivity contribution in [1.29, 1.82) is 0 Å². The van der Waals surface area contributed by atoms with Crippen molar-refractivity contribution in [2.45, 2.75) is 9.79 Å². The highest BCUT2D eigenvalue weighted by Crippen LogP contribution is 2.28. The molecule has 26 heteroatoms. The first-order valence-corrected chi connectivity index (χ1v) is 19.6. The topological polar surface area (TPSA) is 339 Å². The molecule has 2 heterocycles. The minimum atomic E-state index is -4.90. The first kappa shape index (κ1) is 41.4. The minimum Gasteiger partial charge on any atom is -0.467 e. The second-order valence-corrected chi connectivity index (χ2v) is 15.0. The van der Waals surface area contributed by atoms with Gasteiger partial charge in [0.2, 0.25) is 23.8 Å². The molecule has 0 amide bonds. The van der Waals surface area contributed by atoms with E-state index in [0.29, 0.717) is 0 Å². The number of anilines is 6. The molecule has 4 rings (SSSR count). The number of hydrogen-bond acceptors (Lipinski definition) is 20. The van der Waals surface area contributed by atoms with Crippen molar-refractivity contribution < 1.29 is 58.6 Å². The third-order valence-electron chi connectivity index (χ3n) is 6.79. The predicted molar refractivity (Wildman–Crippen MR) is 192 cm³/mol. The van der Waals surface area contributed by atoms with Gasteiger partial charge in [-0.2, -0.15) is 55.2 Å². The SMILES string of the molecule is COc1nc(NCCS(=O)(=O)O)nc(Nc2ccc(C=Cc3ccc(Nc4nc(OC)nc(N(CCO)CCO)n4)cc3S(=O)(=O)O)c(S(=O)(=O)O)c2)n1. The van der Waals surface area contributed by atoms with Crippen molar-refractivity contribution in [3.63, 3.8) is 0 Å². The van der Waals surface area contributed by atoms with Gasteiger partial charge in [0.15, 0.2) is 0 Å². The molecule has 0 atom stereocenters. The van der Waals surface area contributed by atoms with E-state index in [1.807, 2.05) is 0 Å². The summed E-state index contributed by atoms with van der Waals surface area (Å²) in [5, 5.41) is 26.8. The maximum Gasteiger partial charge on any atom is 0.322 e. The van der Waals surface area contributed by atoms with Gasteiger partial charge in [-0.25, -0.2) is 0 Å². The van der Waals surface area contributed by atoms with E-state index in [1.54, 1.807) is 0 Å². The Morgan fingerprint density at radius 1 is 0.667 bits per heavy atom. The fourth-order valence-electron chi connectivity index (χ4n) is 4.45. The normalized spacial score (nSPS) is 12.1. The van der Waals surface area contributed by atoms with E-state index in [0.717, 1.165) is 12.1 Å². The molecule has 0 saturated heterocycles. The molecule has 0 aliphatic heterocycles. The molecular formula is C28H34N10O13S3. The van der Waals surface area contributed by atoms with Crippen molar-refractivity contribution in [3.8, 4) is 12.0 Å². The molecule has 8 N–H and O–H groups in total. The van der Waals surface area contributed by atoms with E-state index in [9.17, 15) is 44.6 Å². The monoisotopic (exact) mass is 814 g/mol. The van der Waals surface area contributed by atoms with Crippen LogP contribution in [0.1, 0.15) is 11.1 Å². The Hall–Kier alpha value is -5.35. The molecule has 0 aliphatic rings. The van der Waals surface area contributed by atoms with E-state index >= 15 is 0 Å². The zero-order valence-electron chi connectivity index (χ0n) is 28.2. The highest BCUT2D eigenvalue weighted by molar-refractivity contribution is 7.86. The molecule has 292 valence electrons. The first-order valence-electron chi connectivity index (χ1n) is 15.1. The Balaban J connectivity index is 1.64. The maximum atomic E-state index is 12.4. The third-order valence-corrected chi connectivity index (χ3v) is 9.33. The van der Waals surface area contributed by atoms with Crippen LogP contribution >= 0.6 is 0 Å². The summed E-state index contributed by atoms with van der Waals surface area (Å²) in [6.07, 6.45) is 2.35. The lowest BCUT2D eigenvalue weighted by atomic mass is 10.1. The van der Waals surface area contributed by atoms with Crippen molar-refractivity contribution in [1.82, 2.24) is 29.9 Å². The van der Waals surface area contributed by atoms with E-state index < -0.39 is 45.9 Å². The van der Waals surface area contributed by atoms with E-state index in [1.165, 1.54) is 55.5 Å². The Morgan fingerprint density at radius 2 is 1.13 bits per heavy atom. The van der Waals surface area contributed by atoms with Gasteiger partial charge in [-0.15, -0.1) is 0 Å². The van der Waals surface area contributed by atoms with Crippen LogP contribution in [0.3, 0.4) is 0 Å². The molecule has 23 nitrogen and oxygen atoms in total. The number of hydrogen-bond donors (Lipinski definition) is 8. The second-order valence-electron chi connectivity index (χ2n) is 10.6. The summed E-state index contributed by atoms with van der Waals surface area (Å²) in [5.74, 6) is -1.08. The number of aliphatic hydroxyl groups is 2. The lowest BCUT2D eigenvalue weighted by Crippen LogP contribution is -2.31. The van der Waals surface area contributed by atoms with Crippen LogP contribution in [0.5, 0.6) is 12.0 Å². The van der Waals surface area contributed by atoms with E-state index in [-0.39, 0.29) is 91.2 Å². The summed E-state index contributed by atoms with van der Waals surface area (Å²) in [6, 6.07) is 7.02. The smallest absolute Gasteiger partial charge is 0.322 e. The number of aromatic nitrogens is 6. The third kappa shape index (κ3) is 11.8. The minimum absolute atomic E-state index is 0.0291. The van der Waals surface area contributed by atoms with Crippen molar-refractivity contribution >= 4 is 77.7 Å². The van der Waals surface area contributed by atoms with Gasteiger partial charge >= 0.3 is 12.0 Å². The summed E-state index contributed by atoms with van der Waals surface area (Å²) in [5.41, 5.74) is -0.0770. The number of rotatable bonds is 19. The van der Waals surface area contributed by atoms with Gasteiger partial charge in [-0.3, -0.25) is 13.7 Å². The van der Waals surface area contributed by atoms with Gasteiger partial charge < -0.3 is 40.5 Å². The molecular weight excluding hydrogens is 781 g/mol. The number of methoxy groups -OCH3 is 2. The summed E-state index contributed by atoms with van der Waals surface area (Å²) in [6.45, 7) is -0.703. The fourth-order valence-corrected chi connectivity index (χ4v) is 6.23. The molecule has 2 aromatic heterocycles. The van der Waals surface area contributed by atoms with Gasteiger partial charge in [0.25, 0.3) is 30.4 Å². The molecule has 4 aromatic rings. The number of benzene rings is 2. The zero-order chi connectivity index (χ0) is 39.7. The van der Waals surface area contributed by atoms with Crippen molar-refractivity contribution in [3.05, 3.63) is 47.5 Å². The molecule has 2 aromatic carbocycles. The lowest BCUT2D eigenvalue weighted by molar-refractivity contribution is 0.279. The van der Waals surface area contributed by atoms with Gasteiger partial charge in [0, 0.05) is 31.0 Å². The average molecular weight is 815 g/mol. The predicted octanol–water partition coefficient (Wildman–Crippen LogP) is 0.316. The Labute approximate surface area is 308 Å². The standard InChI is InChI=1S/C28H34N10O13S3/c1-50-27-34-23(29-9-14-52(41,42)43)32-24(35-27)30-19-7-5-17(21(15-19)53(44,45)46)3-4-18-6-8-20(16-22(18)54(47,48)49)31-25-33-26(37-28(36-25)51-2)38(10-12-39)11-13-40/h3-8,15-16,39-40H,9-14H2,1-2H3,(H,41,42,43)(H,44,45,46)(H,47,48,49)(H,31,33,36,37)(H2,29,30,32,34,35). The van der Waals surface area contributed by atoms with Gasteiger partial charge in [-0.1, -0.05) is 24.3 Å². The molecule has 0 saturated carbocycles. The van der Waals surface area contributed by atoms with Crippen LogP contribution in [0.2, 0.25) is 0 Å². The molecule has 0 radical (unpaired) electrons. The highest BCUT2D eigenvalue weighted by atomic mass is 32.2. The largest absolute Gasteiger partial charge is 0.467 e. The summed E-state index contributed by atoms with van der Waals surface area (Å²) < 4.78 is 111. The molecule has 54 heavy (non-hydrogen) atoms. The van der Waals surface area contributed by atoms with Crippen LogP contribution in [-0.4, -0.2) is 132 Å². The highest BCUT2D eigenvalue weighted by Gasteiger charge is 2.20. The molecule has 0 bridgehead atoms. The summed E-state index contributed by atoms with van der Waals surface area (Å²) in [7, 11) is -11.5. The molecule has 0 unspecified atom stereocenters. The second kappa shape index (κ2) is 17.6. The number of nitrogens with one attached hydrogen (secondary N) is 3. The van der Waals surface area contributed by atoms with Crippen molar-refractivity contribution in [2.75, 3.05) is 73.7 Å². The van der Waals surface area contributed by atoms with Crippen LogP contribution in [0.25, 0.3) is 12.2 Å². The van der Waals surface area contributed by atoms with Gasteiger partial charge in [-0.05, 0) is 35.4 Å². The van der Waals surface area contributed by atoms with Gasteiger partial charge in [0.1, 0.15) is 9.79 Å². The zero-order valence-corrected chi connectivity index (χ0v) is 30.7. The number of ether oxygens (including phenoxy) is 2. The number of nitrogens with zero attached hydrogens (tertiary/aromatic N) is 7. The maximum absolute atomic E-state index is 12.4. The van der Waals surface area contributed by atoms with Crippen LogP contribution in [0.15, 0.2) is 46.2 Å².